The zero-order chi connectivity index (χ0) is 25.2. The molecule has 0 bridgehead atoms. The number of hydrogen-bond donors (Lipinski definition) is 0. The van der Waals surface area contributed by atoms with E-state index < -0.39 is 28.0 Å². The maximum absolute atomic E-state index is 13.7. The molecule has 0 unspecified atom stereocenters. The molecular formula is C24H28N2O8S. The van der Waals surface area contributed by atoms with Gasteiger partial charge in [-0.2, -0.15) is 4.31 Å². The topological polar surface area (TPSA) is 112 Å². The van der Waals surface area contributed by atoms with E-state index in [9.17, 15) is 18.0 Å². The Labute approximate surface area is 204 Å². The molecule has 0 spiro atoms. The first kappa shape index (κ1) is 24.8. The third-order valence-electron chi connectivity index (χ3n) is 6.23. The van der Waals surface area contributed by atoms with E-state index in [1.165, 1.54) is 42.7 Å². The number of carbonyl (C=O) groups excluding carboxylic acids is 2. The average molecular weight is 505 g/mol. The number of sulfonamides is 1. The largest absolute Gasteiger partial charge is 0.497 e. The molecule has 0 saturated carbocycles. The second-order valence-electron chi connectivity index (χ2n) is 8.27. The van der Waals surface area contributed by atoms with Gasteiger partial charge in [0.25, 0.3) is 0 Å². The van der Waals surface area contributed by atoms with Gasteiger partial charge in [0.2, 0.25) is 22.0 Å². The highest BCUT2D eigenvalue weighted by Crippen LogP contribution is 2.37. The molecule has 2 aliphatic heterocycles. The van der Waals surface area contributed by atoms with Crippen molar-refractivity contribution in [1.29, 1.82) is 0 Å². The number of ether oxygens (including phenoxy) is 4. The number of methoxy groups -OCH3 is 3. The van der Waals surface area contributed by atoms with Crippen molar-refractivity contribution in [3.05, 3.63) is 42.5 Å². The van der Waals surface area contributed by atoms with Crippen LogP contribution in [0.4, 0.5) is 5.69 Å². The highest BCUT2D eigenvalue weighted by atomic mass is 32.2. The minimum atomic E-state index is -3.96. The lowest BCUT2D eigenvalue weighted by atomic mass is 9.97. The maximum Gasteiger partial charge on any atom is 0.348 e. The number of hydrogen-bond acceptors (Lipinski definition) is 8. The number of esters is 1. The third-order valence-corrected chi connectivity index (χ3v) is 8.11. The van der Waals surface area contributed by atoms with Gasteiger partial charge >= 0.3 is 5.97 Å². The van der Waals surface area contributed by atoms with Crippen LogP contribution in [0.15, 0.2) is 47.4 Å². The molecule has 1 saturated heterocycles. The normalized spacial score (nSPS) is 20.4. The molecule has 35 heavy (non-hydrogen) atoms. The van der Waals surface area contributed by atoms with Crippen LogP contribution in [0.1, 0.15) is 12.8 Å². The first-order valence-electron chi connectivity index (χ1n) is 11.2. The van der Waals surface area contributed by atoms with Gasteiger partial charge in [-0.15, -0.1) is 0 Å². The molecule has 11 heteroatoms. The Morgan fingerprint density at radius 3 is 2.51 bits per heavy atom. The standard InChI is InChI=1S/C24H28N2O8S/c1-31-17-10-11-20(32-2)22(13-17)35(29,30)25-12-6-7-16(14-25)23(27)26-15-21(24(28)33-3)34-19-9-5-4-8-18(19)26/h4-5,8-11,13,16,21H,6-7,12,14-15H2,1-3H3/t16-,21+/m1/s1. The predicted molar refractivity (Wildman–Crippen MR) is 126 cm³/mol. The van der Waals surface area contributed by atoms with Gasteiger partial charge in [-0.1, -0.05) is 12.1 Å². The number of amides is 1. The molecule has 0 aromatic heterocycles. The number of carbonyl (C=O) groups is 2. The van der Waals surface area contributed by atoms with E-state index in [-0.39, 0.29) is 36.2 Å². The van der Waals surface area contributed by atoms with Crippen LogP contribution in [0.3, 0.4) is 0 Å². The lowest BCUT2D eigenvalue weighted by Gasteiger charge is -2.38. The van der Waals surface area contributed by atoms with Crippen molar-refractivity contribution in [3.63, 3.8) is 0 Å². The van der Waals surface area contributed by atoms with Crippen molar-refractivity contribution < 1.29 is 37.0 Å². The van der Waals surface area contributed by atoms with Crippen LogP contribution in [0.25, 0.3) is 0 Å². The van der Waals surface area contributed by atoms with E-state index in [1.807, 2.05) is 0 Å². The number of nitrogens with zero attached hydrogens (tertiary/aromatic N) is 2. The molecule has 2 aliphatic rings. The molecular weight excluding hydrogens is 476 g/mol. The second-order valence-corrected chi connectivity index (χ2v) is 10.2. The van der Waals surface area contributed by atoms with Gasteiger partial charge in [0.1, 0.15) is 22.1 Å². The molecule has 10 nitrogen and oxygen atoms in total. The van der Waals surface area contributed by atoms with Gasteiger partial charge in [0.15, 0.2) is 0 Å². The molecule has 2 aromatic rings. The summed E-state index contributed by atoms with van der Waals surface area (Å²) in [6.45, 7) is 0.260. The quantitative estimate of drug-likeness (QED) is 0.550. The number of fused-ring (bicyclic) bond motifs is 1. The summed E-state index contributed by atoms with van der Waals surface area (Å²) in [6.07, 6.45) is 0.0555. The number of benzene rings is 2. The third kappa shape index (κ3) is 4.78. The monoisotopic (exact) mass is 504 g/mol. The molecule has 188 valence electrons. The van der Waals surface area contributed by atoms with Crippen LogP contribution in [0.5, 0.6) is 17.2 Å². The number of para-hydroxylation sites is 2. The number of piperidine rings is 1. The zero-order valence-electron chi connectivity index (χ0n) is 19.8. The van der Waals surface area contributed by atoms with Crippen LogP contribution >= 0.6 is 0 Å². The van der Waals surface area contributed by atoms with E-state index in [0.717, 1.165) is 0 Å². The van der Waals surface area contributed by atoms with E-state index >= 15 is 0 Å². The second kappa shape index (κ2) is 10.1. The molecule has 4 rings (SSSR count). The Morgan fingerprint density at radius 2 is 1.80 bits per heavy atom. The zero-order valence-corrected chi connectivity index (χ0v) is 20.6. The molecule has 0 N–H and O–H groups in total. The summed E-state index contributed by atoms with van der Waals surface area (Å²) in [5.74, 6) is -0.485. The fraction of sp³-hybridized carbons (Fsp3) is 0.417. The summed E-state index contributed by atoms with van der Waals surface area (Å²) in [7, 11) is 0.148. The molecule has 0 aliphatic carbocycles. The van der Waals surface area contributed by atoms with E-state index in [2.05, 4.69) is 0 Å². The van der Waals surface area contributed by atoms with Gasteiger partial charge in [0, 0.05) is 19.2 Å². The van der Waals surface area contributed by atoms with Crippen molar-refractivity contribution in [2.24, 2.45) is 5.92 Å². The molecule has 2 atom stereocenters. The van der Waals surface area contributed by atoms with E-state index in [4.69, 9.17) is 18.9 Å². The van der Waals surface area contributed by atoms with Crippen LogP contribution in [-0.4, -0.2) is 71.7 Å². The van der Waals surface area contributed by atoms with Crippen LogP contribution in [0.2, 0.25) is 0 Å². The summed E-state index contributed by atoms with van der Waals surface area (Å²) < 4.78 is 49.4. The van der Waals surface area contributed by atoms with Gasteiger partial charge in [0.05, 0.1) is 39.5 Å². The summed E-state index contributed by atoms with van der Waals surface area (Å²) in [5, 5.41) is 0. The molecule has 2 aromatic carbocycles. The molecule has 2 heterocycles. The maximum atomic E-state index is 13.7. The Bertz CT molecular complexity index is 1220. The summed E-state index contributed by atoms with van der Waals surface area (Å²) in [6, 6.07) is 11.5. The lowest BCUT2D eigenvalue weighted by molar-refractivity contribution is -0.148. The van der Waals surface area contributed by atoms with Gasteiger partial charge in [-0.05, 0) is 37.1 Å². The SMILES string of the molecule is COC(=O)[C@@H]1CN(C(=O)[C@@H]2CCCN(S(=O)(=O)c3cc(OC)ccc3OC)C2)c2ccccc2O1. The van der Waals surface area contributed by atoms with Crippen molar-refractivity contribution >= 4 is 27.6 Å². The molecule has 0 radical (unpaired) electrons. The van der Waals surface area contributed by atoms with Crippen LogP contribution < -0.4 is 19.1 Å². The first-order valence-corrected chi connectivity index (χ1v) is 12.6. The minimum absolute atomic E-state index is 0.00391. The fourth-order valence-corrected chi connectivity index (χ4v) is 6.10. The highest BCUT2D eigenvalue weighted by Gasteiger charge is 2.40. The Morgan fingerprint density at radius 1 is 1.03 bits per heavy atom. The summed E-state index contributed by atoms with van der Waals surface area (Å²) >= 11 is 0. The number of anilines is 1. The smallest absolute Gasteiger partial charge is 0.348 e. The lowest BCUT2D eigenvalue weighted by Crippen LogP contribution is -2.52. The average Bonchev–Trinajstić information content (AvgIpc) is 2.91. The van der Waals surface area contributed by atoms with Gasteiger partial charge in [-0.25, -0.2) is 13.2 Å². The van der Waals surface area contributed by atoms with Crippen molar-refractivity contribution in [1.82, 2.24) is 4.31 Å². The van der Waals surface area contributed by atoms with Crippen molar-refractivity contribution in [3.8, 4) is 17.2 Å². The fourth-order valence-electron chi connectivity index (χ4n) is 4.40. The predicted octanol–water partition coefficient (Wildman–Crippen LogP) is 2.07. The van der Waals surface area contributed by atoms with E-state index in [1.54, 1.807) is 30.3 Å². The highest BCUT2D eigenvalue weighted by molar-refractivity contribution is 7.89. The van der Waals surface area contributed by atoms with Crippen molar-refractivity contribution in [2.75, 3.05) is 45.9 Å². The summed E-state index contributed by atoms with van der Waals surface area (Å²) in [5.41, 5.74) is 0.534. The number of rotatable bonds is 6. The Hall–Kier alpha value is -3.31. The van der Waals surface area contributed by atoms with Crippen LogP contribution in [0, 0.1) is 5.92 Å². The van der Waals surface area contributed by atoms with Gasteiger partial charge < -0.3 is 23.8 Å². The molecule has 1 amide bonds. The van der Waals surface area contributed by atoms with Gasteiger partial charge in [-0.3, -0.25) is 4.79 Å². The first-order chi connectivity index (χ1) is 16.8. The molecule has 1 fully saturated rings. The van der Waals surface area contributed by atoms with Crippen molar-refractivity contribution in [2.45, 2.75) is 23.8 Å². The Balaban J connectivity index is 1.61. The van der Waals surface area contributed by atoms with Crippen LogP contribution in [-0.2, 0) is 24.3 Å². The summed E-state index contributed by atoms with van der Waals surface area (Å²) in [4.78, 5) is 27.3. The Kier molecular flexibility index (Phi) is 7.18. The minimum Gasteiger partial charge on any atom is -0.497 e. The van der Waals surface area contributed by atoms with E-state index in [0.29, 0.717) is 30.0 Å².